The number of aromatic nitrogens is 4. The van der Waals surface area contributed by atoms with Crippen LogP contribution in [0.1, 0.15) is 34.6 Å². The molecule has 0 N–H and O–H groups in total. The van der Waals surface area contributed by atoms with Gasteiger partial charge < -0.3 is 6.42 Å². The van der Waals surface area contributed by atoms with Gasteiger partial charge in [-0.1, -0.05) is 45.0 Å². The Morgan fingerprint density at radius 3 is 0.939 bits per heavy atom. The van der Waals surface area contributed by atoms with E-state index >= 15 is 0 Å². The topological polar surface area (TPSA) is 99.1 Å². The second kappa shape index (κ2) is 29.9. The number of nitrogens with zero attached hydrogens (tertiary/aromatic N) is 6. The molecule has 0 aliphatic heterocycles. The normalized spacial score (nSPS) is 7.94. The van der Waals surface area contributed by atoms with Crippen LogP contribution in [0.15, 0.2) is 73.3 Å². The van der Waals surface area contributed by atoms with Gasteiger partial charge in [0.1, 0.15) is 0 Å². The smallest absolute Gasteiger partial charge is 0.0886 e. The molecule has 0 unspecified atom stereocenters. The quantitative estimate of drug-likeness (QED) is 0.0999. The van der Waals surface area contributed by atoms with Crippen molar-refractivity contribution >= 4 is 83.3 Å². The third-order valence-electron chi connectivity index (χ3n) is 2.75. The van der Waals surface area contributed by atoms with Crippen molar-refractivity contribution < 1.29 is 32.7 Å². The molecule has 0 aliphatic rings. The van der Waals surface area contributed by atoms with E-state index in [4.69, 9.17) is 10.8 Å². The van der Waals surface area contributed by atoms with Crippen molar-refractivity contribution in [3.05, 3.63) is 79.7 Å². The SMILES string of the molecule is CC(C)C.C[CH-]C.I.II.N#N.[Y].c1ccc2nccnc2c1.c1ccc2nccnc2c1. The molecule has 177 valence electrons. The number of hydrogen-bond donors (Lipinski definition) is 0. The van der Waals surface area contributed by atoms with Gasteiger partial charge >= 0.3 is 0 Å². The summed E-state index contributed by atoms with van der Waals surface area (Å²) in [5.74, 6) is 0.833. The Balaban J connectivity index is -0.000000173. The number of fused-ring (bicyclic) bond motifs is 2. The van der Waals surface area contributed by atoms with Gasteiger partial charge in [0, 0.05) is 106 Å². The van der Waals surface area contributed by atoms with Crippen molar-refractivity contribution in [3.8, 4) is 0 Å². The van der Waals surface area contributed by atoms with Crippen LogP contribution in [0.2, 0.25) is 0 Å². The molecule has 4 aromatic rings. The molecule has 0 aliphatic carbocycles. The maximum Gasteiger partial charge on any atom is 0.0886 e. The number of para-hydroxylation sites is 4. The molecular formula is C23H30I3N6Y-. The summed E-state index contributed by atoms with van der Waals surface area (Å²) in [4.78, 5) is 16.5. The summed E-state index contributed by atoms with van der Waals surface area (Å²) < 4.78 is 0. The fourth-order valence-corrected chi connectivity index (χ4v) is 1.82. The maximum atomic E-state index is 6.00. The van der Waals surface area contributed by atoms with Crippen LogP contribution in [0, 0.1) is 23.1 Å². The Hall–Kier alpha value is -0.166. The van der Waals surface area contributed by atoms with Crippen LogP contribution in [0.5, 0.6) is 0 Å². The molecule has 4 rings (SSSR count). The average Bonchev–Trinajstić information content (AvgIpc) is 2.82. The van der Waals surface area contributed by atoms with E-state index in [1.807, 2.05) is 68.8 Å². The number of rotatable bonds is 0. The van der Waals surface area contributed by atoms with Gasteiger partial charge in [-0.2, -0.15) is 13.8 Å². The van der Waals surface area contributed by atoms with Crippen molar-refractivity contribution in [2.45, 2.75) is 34.6 Å². The summed E-state index contributed by atoms with van der Waals surface area (Å²) in [7, 11) is 0. The molecule has 10 heteroatoms. The van der Waals surface area contributed by atoms with Gasteiger partial charge in [0.05, 0.1) is 22.1 Å². The van der Waals surface area contributed by atoms with Crippen LogP contribution in [0.4, 0.5) is 0 Å². The molecular weight excluding hydrogens is 830 g/mol. The zero-order valence-corrected chi connectivity index (χ0v) is 29.0. The van der Waals surface area contributed by atoms with Gasteiger partial charge in [0.15, 0.2) is 0 Å². The Kier molecular flexibility index (Phi) is 36.2. The predicted octanol–water partition coefficient (Wildman–Crippen LogP) is 8.57. The molecule has 2 aromatic carbocycles. The van der Waals surface area contributed by atoms with Crippen molar-refractivity contribution in [2.75, 3.05) is 0 Å². The molecule has 33 heavy (non-hydrogen) atoms. The molecule has 0 fully saturated rings. The van der Waals surface area contributed by atoms with Crippen molar-refractivity contribution in [1.82, 2.24) is 19.9 Å². The Morgan fingerprint density at radius 2 is 0.788 bits per heavy atom. The van der Waals surface area contributed by atoms with E-state index in [1.165, 1.54) is 0 Å². The molecule has 0 spiro atoms. The monoisotopic (exact) mass is 860 g/mol. The first-order valence-electron chi connectivity index (χ1n) is 9.48. The van der Waals surface area contributed by atoms with Crippen LogP contribution in [-0.2, 0) is 32.7 Å². The summed E-state index contributed by atoms with van der Waals surface area (Å²) in [6.07, 6.45) is 8.79. The molecule has 2 aromatic heterocycles. The van der Waals surface area contributed by atoms with Gasteiger partial charge in [-0.25, -0.2) is 0 Å². The minimum atomic E-state index is 0. The van der Waals surface area contributed by atoms with E-state index in [0.717, 1.165) is 28.0 Å². The summed E-state index contributed by atoms with van der Waals surface area (Å²) in [6.45, 7) is 10.5. The Labute approximate surface area is 263 Å². The van der Waals surface area contributed by atoms with Crippen LogP contribution >= 0.6 is 61.2 Å². The molecule has 0 atom stereocenters. The van der Waals surface area contributed by atoms with E-state index < -0.39 is 0 Å². The third-order valence-corrected chi connectivity index (χ3v) is 2.75. The fourth-order valence-electron chi connectivity index (χ4n) is 1.82. The predicted molar refractivity (Wildman–Crippen MR) is 162 cm³/mol. The molecule has 1 radical (unpaired) electrons. The standard InChI is InChI=1S/2C8H6N2.C4H10.C3H7.I2.HI.N2.Y/c2*1-2-4-8-7(3-1)9-5-6-10-8;1-4(2)3;1-3-2;1-2;;1-2;/h2*1-6H;4H,1-3H3;3H,1-2H3;;1H;;/q;;;-1;;;;. The molecule has 2 heterocycles. The minimum Gasteiger partial charge on any atom is -0.335 e. The van der Waals surface area contributed by atoms with Gasteiger partial charge in [-0.3, -0.25) is 19.9 Å². The van der Waals surface area contributed by atoms with E-state index in [-0.39, 0.29) is 56.7 Å². The fraction of sp³-hybridized carbons (Fsp3) is 0.261. The van der Waals surface area contributed by atoms with Crippen LogP contribution in [0.25, 0.3) is 22.1 Å². The number of hydrogen-bond acceptors (Lipinski definition) is 6. The summed E-state index contributed by atoms with van der Waals surface area (Å²) >= 11 is 4.24. The van der Waals surface area contributed by atoms with Crippen molar-refractivity contribution in [2.24, 2.45) is 5.92 Å². The molecule has 0 bridgehead atoms. The number of benzene rings is 2. The van der Waals surface area contributed by atoms with E-state index in [9.17, 15) is 0 Å². The van der Waals surface area contributed by atoms with Crippen LogP contribution in [-0.4, -0.2) is 19.9 Å². The Morgan fingerprint density at radius 1 is 0.636 bits per heavy atom. The van der Waals surface area contributed by atoms with Gasteiger partial charge in [-0.15, -0.1) is 24.0 Å². The number of halogens is 3. The summed E-state index contributed by atoms with van der Waals surface area (Å²) in [5.41, 5.74) is 3.80. The summed E-state index contributed by atoms with van der Waals surface area (Å²) in [5, 5.41) is 12.0. The maximum absolute atomic E-state index is 6.00. The molecule has 6 nitrogen and oxygen atoms in total. The van der Waals surface area contributed by atoms with E-state index in [2.05, 4.69) is 77.9 Å². The van der Waals surface area contributed by atoms with Crippen LogP contribution in [0.3, 0.4) is 0 Å². The second-order valence-electron chi connectivity index (χ2n) is 6.40. The van der Waals surface area contributed by atoms with Gasteiger partial charge in [-0.05, 0) is 30.2 Å². The zero-order chi connectivity index (χ0) is 23.9. The minimum absolute atomic E-state index is 0. The van der Waals surface area contributed by atoms with Crippen molar-refractivity contribution in [3.63, 3.8) is 0 Å². The van der Waals surface area contributed by atoms with Crippen LogP contribution < -0.4 is 0 Å². The first-order valence-corrected chi connectivity index (χ1v) is 15.8. The first kappa shape index (κ1) is 40.0. The molecule has 0 amide bonds. The van der Waals surface area contributed by atoms with Gasteiger partial charge in [0.2, 0.25) is 0 Å². The molecule has 0 saturated carbocycles. The summed E-state index contributed by atoms with van der Waals surface area (Å²) in [6, 6.07) is 15.6. The average molecular weight is 860 g/mol. The first-order chi connectivity index (χ1) is 15.1. The molecule has 0 saturated heterocycles. The van der Waals surface area contributed by atoms with E-state index in [0.29, 0.717) is 0 Å². The van der Waals surface area contributed by atoms with Gasteiger partial charge in [0.25, 0.3) is 0 Å². The zero-order valence-electron chi connectivity index (χ0n) is 19.5. The van der Waals surface area contributed by atoms with E-state index in [1.54, 1.807) is 24.8 Å². The van der Waals surface area contributed by atoms with Crippen molar-refractivity contribution in [1.29, 1.82) is 10.8 Å². The Bertz CT molecular complexity index is 753. The largest absolute Gasteiger partial charge is 0.335 e. The third kappa shape index (κ3) is 22.1. The second-order valence-corrected chi connectivity index (χ2v) is 6.40.